The van der Waals surface area contributed by atoms with E-state index in [2.05, 4.69) is 48.5 Å². The van der Waals surface area contributed by atoms with Gasteiger partial charge in [-0.25, -0.2) is 0 Å². The lowest BCUT2D eigenvalue weighted by Crippen LogP contribution is -2.52. The number of rotatable bonds is 2. The fraction of sp³-hybridized carbons (Fsp3) is 1.00. The summed E-state index contributed by atoms with van der Waals surface area (Å²) in [7, 11) is 0. The van der Waals surface area contributed by atoms with Gasteiger partial charge >= 0.3 is 0 Å². The van der Waals surface area contributed by atoms with Crippen LogP contribution >= 0.6 is 0 Å². The molecule has 0 aromatic heterocycles. The molecular weight excluding hydrogens is 184 g/mol. The molecule has 0 radical (unpaired) electrons. The summed E-state index contributed by atoms with van der Waals surface area (Å²) in [6.07, 6.45) is 2.00. The van der Waals surface area contributed by atoms with E-state index in [1.165, 1.54) is 0 Å². The van der Waals surface area contributed by atoms with Crippen LogP contribution in [0.2, 0.25) is 0 Å². The van der Waals surface area contributed by atoms with Gasteiger partial charge in [0.25, 0.3) is 0 Å². The quantitative estimate of drug-likeness (QED) is 0.669. The van der Waals surface area contributed by atoms with Crippen molar-refractivity contribution in [1.82, 2.24) is 0 Å². The zero-order chi connectivity index (χ0) is 11.8. The maximum atomic E-state index is 6.29. The first kappa shape index (κ1) is 13.0. The molecule has 1 heterocycles. The summed E-state index contributed by atoms with van der Waals surface area (Å²) in [6.45, 7) is 16.3. The zero-order valence-electron chi connectivity index (χ0n) is 11.5. The largest absolute Gasteiger partial charge is 0.374 e. The Morgan fingerprint density at radius 1 is 1.20 bits per heavy atom. The van der Waals surface area contributed by atoms with E-state index < -0.39 is 0 Å². The van der Waals surface area contributed by atoms with Crippen molar-refractivity contribution in [3.8, 4) is 0 Å². The van der Waals surface area contributed by atoms with E-state index in [4.69, 9.17) is 4.74 Å². The Bertz CT molecular complexity index is 201. The molecule has 1 aliphatic heterocycles. The van der Waals surface area contributed by atoms with Crippen LogP contribution in [-0.4, -0.2) is 12.2 Å². The van der Waals surface area contributed by atoms with Gasteiger partial charge in [-0.15, -0.1) is 0 Å². The van der Waals surface area contributed by atoms with Gasteiger partial charge in [0.1, 0.15) is 0 Å². The van der Waals surface area contributed by atoms with E-state index in [-0.39, 0.29) is 0 Å². The van der Waals surface area contributed by atoms with Gasteiger partial charge in [-0.2, -0.15) is 0 Å². The highest BCUT2D eigenvalue weighted by Crippen LogP contribution is 2.46. The SMILES string of the molecule is CCC1O[C@H](C(C)C)[C@H](C)C(C)C1(C)C. The van der Waals surface area contributed by atoms with Crippen molar-refractivity contribution in [2.24, 2.45) is 23.2 Å². The van der Waals surface area contributed by atoms with Crippen molar-refractivity contribution in [3.63, 3.8) is 0 Å². The predicted octanol–water partition coefficient (Wildman–Crippen LogP) is 4.12. The molecule has 2 unspecified atom stereocenters. The van der Waals surface area contributed by atoms with Crippen LogP contribution < -0.4 is 0 Å². The molecule has 1 nitrogen and oxygen atoms in total. The second-order valence-electron chi connectivity index (χ2n) is 6.21. The van der Waals surface area contributed by atoms with Crippen LogP contribution in [0.25, 0.3) is 0 Å². The van der Waals surface area contributed by atoms with Crippen molar-refractivity contribution in [3.05, 3.63) is 0 Å². The van der Waals surface area contributed by atoms with Crippen LogP contribution in [0.4, 0.5) is 0 Å². The topological polar surface area (TPSA) is 9.23 Å². The summed E-state index contributed by atoms with van der Waals surface area (Å²) < 4.78 is 6.29. The molecule has 1 heteroatoms. The monoisotopic (exact) mass is 212 g/mol. The lowest BCUT2D eigenvalue weighted by Gasteiger charge is -2.51. The first-order chi connectivity index (χ1) is 6.82. The summed E-state index contributed by atoms with van der Waals surface area (Å²) in [5, 5.41) is 0. The number of hydrogen-bond acceptors (Lipinski definition) is 1. The van der Waals surface area contributed by atoms with Crippen molar-refractivity contribution < 1.29 is 4.74 Å². The van der Waals surface area contributed by atoms with Gasteiger partial charge in [0.05, 0.1) is 12.2 Å². The third kappa shape index (κ3) is 2.22. The van der Waals surface area contributed by atoms with Gasteiger partial charge in [0.2, 0.25) is 0 Å². The third-order valence-electron chi connectivity index (χ3n) is 4.66. The van der Waals surface area contributed by atoms with Crippen LogP contribution in [0.1, 0.15) is 54.9 Å². The minimum Gasteiger partial charge on any atom is -0.374 e. The highest BCUT2D eigenvalue weighted by molar-refractivity contribution is 4.94. The highest BCUT2D eigenvalue weighted by atomic mass is 16.5. The second kappa shape index (κ2) is 4.45. The van der Waals surface area contributed by atoms with Gasteiger partial charge in [0, 0.05) is 0 Å². The van der Waals surface area contributed by atoms with Gasteiger partial charge < -0.3 is 4.74 Å². The molecule has 4 atom stereocenters. The molecule has 0 amide bonds. The van der Waals surface area contributed by atoms with Crippen LogP contribution in [0.5, 0.6) is 0 Å². The zero-order valence-corrected chi connectivity index (χ0v) is 11.5. The van der Waals surface area contributed by atoms with Crippen LogP contribution in [0.15, 0.2) is 0 Å². The Labute approximate surface area is 95.6 Å². The summed E-state index contributed by atoms with van der Waals surface area (Å²) >= 11 is 0. The first-order valence-corrected chi connectivity index (χ1v) is 6.47. The van der Waals surface area contributed by atoms with Crippen molar-refractivity contribution >= 4 is 0 Å². The fourth-order valence-corrected chi connectivity index (χ4v) is 3.13. The van der Waals surface area contributed by atoms with Crippen molar-refractivity contribution in [2.75, 3.05) is 0 Å². The van der Waals surface area contributed by atoms with E-state index in [0.717, 1.165) is 12.3 Å². The molecule has 1 aliphatic rings. The summed E-state index contributed by atoms with van der Waals surface area (Å²) in [6, 6.07) is 0. The molecule has 0 N–H and O–H groups in total. The third-order valence-corrected chi connectivity index (χ3v) is 4.66. The van der Waals surface area contributed by atoms with Gasteiger partial charge in [-0.1, -0.05) is 48.5 Å². The average molecular weight is 212 g/mol. The molecule has 1 fully saturated rings. The Kier molecular flexibility index (Phi) is 3.86. The molecule has 1 rings (SSSR count). The molecule has 15 heavy (non-hydrogen) atoms. The van der Waals surface area contributed by atoms with Crippen molar-refractivity contribution in [2.45, 2.75) is 67.1 Å². The predicted molar refractivity (Wildman–Crippen MR) is 65.9 cm³/mol. The Morgan fingerprint density at radius 2 is 1.73 bits per heavy atom. The lowest BCUT2D eigenvalue weighted by atomic mass is 9.64. The van der Waals surface area contributed by atoms with E-state index in [1.807, 2.05) is 0 Å². The van der Waals surface area contributed by atoms with E-state index in [1.54, 1.807) is 0 Å². The standard InChI is InChI=1S/C14H28O/c1-8-12-14(6,7)11(5)10(4)13(15-12)9(2)3/h9-13H,8H2,1-7H3/t10-,11?,12?,13-/m1/s1. The smallest absolute Gasteiger partial charge is 0.0630 e. The molecule has 0 saturated carbocycles. The molecule has 0 bridgehead atoms. The average Bonchev–Trinajstić information content (AvgIpc) is 2.14. The minimum atomic E-state index is 0.319. The van der Waals surface area contributed by atoms with Gasteiger partial charge in [-0.05, 0) is 29.6 Å². The van der Waals surface area contributed by atoms with E-state index in [0.29, 0.717) is 29.5 Å². The lowest BCUT2D eigenvalue weighted by molar-refractivity contribution is -0.186. The van der Waals surface area contributed by atoms with E-state index in [9.17, 15) is 0 Å². The Balaban J connectivity index is 2.88. The van der Waals surface area contributed by atoms with Crippen molar-refractivity contribution in [1.29, 1.82) is 0 Å². The van der Waals surface area contributed by atoms with E-state index >= 15 is 0 Å². The summed E-state index contributed by atoms with van der Waals surface area (Å²) in [4.78, 5) is 0. The normalized spacial score (nSPS) is 40.8. The molecule has 0 aromatic rings. The van der Waals surface area contributed by atoms with Crippen LogP contribution in [-0.2, 0) is 4.74 Å². The Morgan fingerprint density at radius 3 is 2.13 bits per heavy atom. The van der Waals surface area contributed by atoms with Gasteiger partial charge in [0.15, 0.2) is 0 Å². The minimum absolute atomic E-state index is 0.319. The molecule has 0 aliphatic carbocycles. The molecule has 90 valence electrons. The fourth-order valence-electron chi connectivity index (χ4n) is 3.13. The molecular formula is C14H28O. The van der Waals surface area contributed by atoms with Gasteiger partial charge in [-0.3, -0.25) is 0 Å². The summed E-state index contributed by atoms with van der Waals surface area (Å²) in [5.41, 5.74) is 0.319. The highest BCUT2D eigenvalue weighted by Gasteiger charge is 2.46. The summed E-state index contributed by atoms with van der Waals surface area (Å²) in [5.74, 6) is 2.04. The maximum Gasteiger partial charge on any atom is 0.0630 e. The molecule has 1 saturated heterocycles. The number of ether oxygens (including phenoxy) is 1. The van der Waals surface area contributed by atoms with Crippen LogP contribution in [0, 0.1) is 23.2 Å². The number of hydrogen-bond donors (Lipinski definition) is 0. The Hall–Kier alpha value is -0.0400. The first-order valence-electron chi connectivity index (χ1n) is 6.47. The van der Waals surface area contributed by atoms with Crippen LogP contribution in [0.3, 0.4) is 0 Å². The molecule has 0 aromatic carbocycles. The maximum absolute atomic E-state index is 6.29. The molecule has 0 spiro atoms. The second-order valence-corrected chi connectivity index (χ2v) is 6.21.